The van der Waals surface area contributed by atoms with Crippen LogP contribution >= 0.6 is 22.9 Å². The summed E-state index contributed by atoms with van der Waals surface area (Å²) in [6, 6.07) is 4.24. The standard InChI is InChI=1S/C12H10ClN3O3S/c1-7-6-20-10(15-7)5-14-12(17)8-3-2-4-9(13)11(8)16(18)19/h2-4,6H,5H2,1H3,(H,14,17). The van der Waals surface area contributed by atoms with Crippen molar-refractivity contribution in [2.75, 3.05) is 0 Å². The molecule has 1 aromatic heterocycles. The molecule has 2 aromatic rings. The quantitative estimate of drug-likeness (QED) is 0.695. The fraction of sp³-hybridized carbons (Fsp3) is 0.167. The van der Waals surface area contributed by atoms with Crippen LogP contribution < -0.4 is 5.32 Å². The van der Waals surface area contributed by atoms with Crippen molar-refractivity contribution >= 4 is 34.5 Å². The first-order chi connectivity index (χ1) is 9.49. The lowest BCUT2D eigenvalue weighted by atomic mass is 10.1. The highest BCUT2D eigenvalue weighted by Gasteiger charge is 2.23. The molecule has 1 amide bonds. The number of hydrogen-bond acceptors (Lipinski definition) is 5. The maximum Gasteiger partial charge on any atom is 0.300 e. The molecule has 0 aliphatic rings. The van der Waals surface area contributed by atoms with Crippen LogP contribution in [0.4, 0.5) is 5.69 Å². The van der Waals surface area contributed by atoms with E-state index in [-0.39, 0.29) is 22.8 Å². The minimum absolute atomic E-state index is 0.0595. The van der Waals surface area contributed by atoms with Crippen molar-refractivity contribution in [2.24, 2.45) is 0 Å². The van der Waals surface area contributed by atoms with Gasteiger partial charge < -0.3 is 5.32 Å². The van der Waals surface area contributed by atoms with Gasteiger partial charge in [0, 0.05) is 11.1 Å². The molecule has 2 rings (SSSR count). The smallest absolute Gasteiger partial charge is 0.300 e. The van der Waals surface area contributed by atoms with Gasteiger partial charge in [-0.2, -0.15) is 0 Å². The van der Waals surface area contributed by atoms with Crippen molar-refractivity contribution in [1.82, 2.24) is 10.3 Å². The van der Waals surface area contributed by atoms with E-state index in [2.05, 4.69) is 10.3 Å². The fourth-order valence-corrected chi connectivity index (χ4v) is 2.57. The topological polar surface area (TPSA) is 85.1 Å². The number of halogens is 1. The Hall–Kier alpha value is -1.99. The van der Waals surface area contributed by atoms with E-state index in [1.165, 1.54) is 29.5 Å². The summed E-state index contributed by atoms with van der Waals surface area (Å²) in [4.78, 5) is 26.5. The maximum absolute atomic E-state index is 12.0. The highest BCUT2D eigenvalue weighted by Crippen LogP contribution is 2.28. The second kappa shape index (κ2) is 5.98. The Morgan fingerprint density at radius 2 is 2.30 bits per heavy atom. The number of nitro groups is 1. The van der Waals surface area contributed by atoms with E-state index >= 15 is 0 Å². The van der Waals surface area contributed by atoms with E-state index in [1.54, 1.807) is 0 Å². The summed E-state index contributed by atoms with van der Waals surface area (Å²) >= 11 is 7.17. The molecule has 0 saturated carbocycles. The third kappa shape index (κ3) is 3.12. The summed E-state index contributed by atoms with van der Waals surface area (Å²) in [5.74, 6) is -0.549. The molecule has 0 spiro atoms. The first kappa shape index (κ1) is 14.4. The Labute approximate surface area is 123 Å². The molecule has 20 heavy (non-hydrogen) atoms. The molecule has 0 atom stereocenters. The van der Waals surface area contributed by atoms with Gasteiger partial charge in [0.25, 0.3) is 5.91 Å². The van der Waals surface area contributed by atoms with Crippen LogP contribution in [0.1, 0.15) is 21.1 Å². The number of benzene rings is 1. The molecule has 0 aliphatic heterocycles. The molecule has 0 radical (unpaired) electrons. The molecule has 1 N–H and O–H groups in total. The van der Waals surface area contributed by atoms with E-state index in [1.807, 2.05) is 12.3 Å². The lowest BCUT2D eigenvalue weighted by Crippen LogP contribution is -2.23. The zero-order valence-electron chi connectivity index (χ0n) is 10.4. The Bertz CT molecular complexity index is 672. The lowest BCUT2D eigenvalue weighted by molar-refractivity contribution is -0.385. The molecular formula is C12H10ClN3O3S. The Morgan fingerprint density at radius 3 is 2.90 bits per heavy atom. The van der Waals surface area contributed by atoms with E-state index in [0.29, 0.717) is 0 Å². The number of hydrogen-bond donors (Lipinski definition) is 1. The monoisotopic (exact) mass is 311 g/mol. The lowest BCUT2D eigenvalue weighted by Gasteiger charge is -2.05. The first-order valence-corrected chi connectivity index (χ1v) is 6.87. The minimum atomic E-state index is -0.662. The van der Waals surface area contributed by atoms with Gasteiger partial charge >= 0.3 is 5.69 Å². The van der Waals surface area contributed by atoms with Crippen molar-refractivity contribution < 1.29 is 9.72 Å². The van der Waals surface area contributed by atoms with Crippen molar-refractivity contribution in [3.63, 3.8) is 0 Å². The third-order valence-corrected chi connectivity index (χ3v) is 3.75. The highest BCUT2D eigenvalue weighted by molar-refractivity contribution is 7.09. The summed E-state index contributed by atoms with van der Waals surface area (Å²) < 4.78 is 0. The first-order valence-electron chi connectivity index (χ1n) is 5.61. The number of nitro benzene ring substituents is 1. The van der Waals surface area contributed by atoms with Crippen molar-refractivity contribution in [2.45, 2.75) is 13.5 Å². The Morgan fingerprint density at radius 1 is 1.55 bits per heavy atom. The second-order valence-corrected chi connectivity index (χ2v) is 5.31. The number of nitrogens with zero attached hydrogens (tertiary/aromatic N) is 2. The largest absolute Gasteiger partial charge is 0.345 e. The van der Waals surface area contributed by atoms with Crippen LogP contribution in [-0.2, 0) is 6.54 Å². The summed E-state index contributed by atoms with van der Waals surface area (Å²) in [6.45, 7) is 2.07. The van der Waals surface area contributed by atoms with Crippen molar-refractivity contribution in [3.05, 3.63) is 55.0 Å². The normalized spacial score (nSPS) is 10.3. The molecule has 8 heteroatoms. The second-order valence-electron chi connectivity index (χ2n) is 3.96. The molecule has 0 fully saturated rings. The molecule has 0 saturated heterocycles. The molecule has 6 nitrogen and oxygen atoms in total. The number of aromatic nitrogens is 1. The SMILES string of the molecule is Cc1csc(CNC(=O)c2cccc(Cl)c2[N+](=O)[O-])n1. The number of para-hydroxylation sites is 1. The van der Waals surface area contributed by atoms with E-state index in [4.69, 9.17) is 11.6 Å². The Balaban J connectivity index is 2.17. The summed E-state index contributed by atoms with van der Waals surface area (Å²) in [6.07, 6.45) is 0. The molecule has 104 valence electrons. The Kier molecular flexibility index (Phi) is 4.31. The average molecular weight is 312 g/mol. The van der Waals surface area contributed by atoms with E-state index in [9.17, 15) is 14.9 Å². The van der Waals surface area contributed by atoms with Gasteiger partial charge in [0.2, 0.25) is 0 Å². The van der Waals surface area contributed by atoms with Crippen LogP contribution in [0.2, 0.25) is 5.02 Å². The van der Waals surface area contributed by atoms with E-state index in [0.717, 1.165) is 10.7 Å². The van der Waals surface area contributed by atoms with Crippen LogP contribution in [0.25, 0.3) is 0 Å². The summed E-state index contributed by atoms with van der Waals surface area (Å²) in [5, 5.41) is 16.1. The molecule has 0 unspecified atom stereocenters. The van der Waals surface area contributed by atoms with Gasteiger partial charge in [-0.25, -0.2) is 4.98 Å². The van der Waals surface area contributed by atoms with Gasteiger partial charge in [0.05, 0.1) is 11.5 Å². The van der Waals surface area contributed by atoms with Gasteiger partial charge in [-0.15, -0.1) is 11.3 Å². The minimum Gasteiger partial charge on any atom is -0.345 e. The molecular weight excluding hydrogens is 302 g/mol. The van der Waals surface area contributed by atoms with Crippen LogP contribution in [0.5, 0.6) is 0 Å². The van der Waals surface area contributed by atoms with Crippen molar-refractivity contribution in [1.29, 1.82) is 0 Å². The third-order valence-electron chi connectivity index (χ3n) is 2.48. The maximum atomic E-state index is 12.0. The van der Waals surface area contributed by atoms with Crippen LogP contribution in [-0.4, -0.2) is 15.8 Å². The number of rotatable bonds is 4. The molecule has 1 aromatic carbocycles. The molecule has 1 heterocycles. The summed E-state index contributed by atoms with van der Waals surface area (Å²) in [7, 11) is 0. The molecule has 0 bridgehead atoms. The zero-order valence-corrected chi connectivity index (χ0v) is 12.0. The van der Waals surface area contributed by atoms with Gasteiger partial charge in [0.15, 0.2) is 0 Å². The van der Waals surface area contributed by atoms with Crippen LogP contribution in [0.15, 0.2) is 23.6 Å². The van der Waals surface area contributed by atoms with Gasteiger partial charge in [0.1, 0.15) is 15.6 Å². The van der Waals surface area contributed by atoms with Crippen molar-refractivity contribution in [3.8, 4) is 0 Å². The fourth-order valence-electron chi connectivity index (χ4n) is 1.62. The van der Waals surface area contributed by atoms with Gasteiger partial charge in [-0.3, -0.25) is 14.9 Å². The molecule has 0 aliphatic carbocycles. The predicted molar refractivity (Wildman–Crippen MR) is 76.1 cm³/mol. The highest BCUT2D eigenvalue weighted by atomic mass is 35.5. The predicted octanol–water partition coefficient (Wildman–Crippen LogP) is 2.94. The number of aryl methyl sites for hydroxylation is 1. The number of carbonyl (C=O) groups excluding carboxylic acids is 1. The van der Waals surface area contributed by atoms with Gasteiger partial charge in [-0.05, 0) is 19.1 Å². The van der Waals surface area contributed by atoms with Gasteiger partial charge in [-0.1, -0.05) is 17.7 Å². The zero-order chi connectivity index (χ0) is 14.7. The number of amides is 1. The number of thiazole rings is 1. The van der Waals surface area contributed by atoms with Crippen LogP contribution in [0, 0.1) is 17.0 Å². The van der Waals surface area contributed by atoms with Crippen LogP contribution in [0.3, 0.4) is 0 Å². The average Bonchev–Trinajstić information content (AvgIpc) is 2.81. The summed E-state index contributed by atoms with van der Waals surface area (Å²) in [5.41, 5.74) is 0.422. The van der Waals surface area contributed by atoms with E-state index < -0.39 is 10.8 Å². The number of carbonyl (C=O) groups is 1. The number of nitrogens with one attached hydrogen (secondary N) is 1.